The maximum atomic E-state index is 16.4. The van der Waals surface area contributed by atoms with Crippen LogP contribution in [0, 0.1) is 12.7 Å². The molecular weight excluding hydrogens is 578 g/mol. The number of nitrogens with two attached hydrogens (primary N) is 1. The van der Waals surface area contributed by atoms with E-state index < -0.39 is 28.8 Å². The lowest BCUT2D eigenvalue weighted by Gasteiger charge is -2.35. The highest BCUT2D eigenvalue weighted by Crippen LogP contribution is 2.44. The van der Waals surface area contributed by atoms with Crippen molar-refractivity contribution in [3.05, 3.63) is 46.8 Å². The van der Waals surface area contributed by atoms with Gasteiger partial charge in [0.1, 0.15) is 23.8 Å². The molecule has 1 unspecified atom stereocenters. The smallest absolute Gasteiger partial charge is 0.418 e. The highest BCUT2D eigenvalue weighted by molar-refractivity contribution is 6.34. The third kappa shape index (κ3) is 5.67. The van der Waals surface area contributed by atoms with Crippen molar-refractivity contribution < 1.29 is 27.1 Å². The molecule has 4 heterocycles. The molecule has 1 atom stereocenters. The summed E-state index contributed by atoms with van der Waals surface area (Å²) in [6.45, 7) is 7.33. The van der Waals surface area contributed by atoms with Crippen LogP contribution in [0.5, 0.6) is 6.01 Å². The third-order valence-corrected chi connectivity index (χ3v) is 8.04. The molecule has 1 amide bonds. The molecular formula is C28H30ClF4N7O2. The van der Waals surface area contributed by atoms with Crippen molar-refractivity contribution in [2.24, 2.45) is 0 Å². The monoisotopic (exact) mass is 607 g/mol. The fraction of sp³-hybridized carbons (Fsp3) is 0.429. The second-order valence-electron chi connectivity index (χ2n) is 10.5. The van der Waals surface area contributed by atoms with E-state index in [4.69, 9.17) is 22.1 Å². The molecule has 2 N–H and O–H groups in total. The number of nitrogens with zero attached hydrogens (tertiary/aromatic N) is 6. The van der Waals surface area contributed by atoms with E-state index in [9.17, 15) is 18.0 Å². The van der Waals surface area contributed by atoms with Crippen molar-refractivity contribution in [1.82, 2.24) is 24.8 Å². The lowest BCUT2D eigenvalue weighted by Crippen LogP contribution is -2.48. The van der Waals surface area contributed by atoms with Crippen LogP contribution in [0.4, 0.5) is 29.2 Å². The lowest BCUT2D eigenvalue weighted by molar-refractivity contribution is -0.137. The van der Waals surface area contributed by atoms with Gasteiger partial charge in [0.15, 0.2) is 5.82 Å². The van der Waals surface area contributed by atoms with Crippen molar-refractivity contribution in [1.29, 1.82) is 0 Å². The molecule has 14 heteroatoms. The molecule has 2 aliphatic heterocycles. The molecule has 5 rings (SSSR count). The molecule has 2 aromatic heterocycles. The number of pyridine rings is 1. The van der Waals surface area contributed by atoms with Gasteiger partial charge in [-0.3, -0.25) is 4.79 Å². The molecule has 1 aromatic carbocycles. The summed E-state index contributed by atoms with van der Waals surface area (Å²) in [5, 5.41) is -0.126. The summed E-state index contributed by atoms with van der Waals surface area (Å²) >= 11 is 6.50. The number of hydrogen-bond donors (Lipinski definition) is 1. The highest BCUT2D eigenvalue weighted by atomic mass is 35.5. The van der Waals surface area contributed by atoms with E-state index in [0.29, 0.717) is 32.0 Å². The summed E-state index contributed by atoms with van der Waals surface area (Å²) in [6.07, 6.45) is -1.71. The Labute approximate surface area is 244 Å². The number of piperazine rings is 1. The number of fused-ring (bicyclic) bond motifs is 1. The third-order valence-electron chi connectivity index (χ3n) is 7.74. The normalized spacial score (nSPS) is 18.1. The number of halogens is 5. The minimum Gasteiger partial charge on any atom is -0.462 e. The Balaban J connectivity index is 1.65. The number of carbonyl (C=O) groups excluding carboxylic acids is 1. The summed E-state index contributed by atoms with van der Waals surface area (Å²) in [5.41, 5.74) is 2.86. The van der Waals surface area contributed by atoms with Crippen molar-refractivity contribution >= 4 is 40.0 Å². The summed E-state index contributed by atoms with van der Waals surface area (Å²) < 4.78 is 64.8. The second kappa shape index (κ2) is 11.5. The van der Waals surface area contributed by atoms with Crippen LogP contribution in [0.25, 0.3) is 22.2 Å². The lowest BCUT2D eigenvalue weighted by atomic mass is 9.99. The molecule has 224 valence electrons. The van der Waals surface area contributed by atoms with Crippen LogP contribution in [0.15, 0.2) is 24.8 Å². The SMILES string of the molecule is C=CC(=O)N1CCN(c2nc(OCC3CCCN3C)nc3c(F)c(-c4nc(N)cc(C)c4C(F)(F)F)c(Cl)cc23)CC1. The van der Waals surface area contributed by atoms with Gasteiger partial charge in [-0.2, -0.15) is 23.1 Å². The number of benzene rings is 1. The first-order valence-electron chi connectivity index (χ1n) is 13.4. The van der Waals surface area contributed by atoms with Gasteiger partial charge in [-0.25, -0.2) is 9.37 Å². The van der Waals surface area contributed by atoms with Gasteiger partial charge in [-0.05, 0) is 57.1 Å². The molecule has 0 spiro atoms. The van der Waals surface area contributed by atoms with Crippen LogP contribution in [-0.4, -0.2) is 83.1 Å². The maximum absolute atomic E-state index is 16.4. The van der Waals surface area contributed by atoms with Gasteiger partial charge in [0, 0.05) is 37.6 Å². The van der Waals surface area contributed by atoms with E-state index in [0.717, 1.165) is 25.5 Å². The summed E-state index contributed by atoms with van der Waals surface area (Å²) in [4.78, 5) is 30.4. The van der Waals surface area contributed by atoms with Crippen LogP contribution >= 0.6 is 11.6 Å². The molecule has 2 saturated heterocycles. The summed E-state index contributed by atoms with van der Waals surface area (Å²) in [6, 6.07) is 2.39. The van der Waals surface area contributed by atoms with Crippen molar-refractivity contribution in [3.8, 4) is 17.3 Å². The van der Waals surface area contributed by atoms with E-state index in [1.54, 1.807) is 4.90 Å². The number of carbonyl (C=O) groups is 1. The van der Waals surface area contributed by atoms with E-state index in [-0.39, 0.29) is 51.9 Å². The van der Waals surface area contributed by atoms with Crippen molar-refractivity contribution in [2.75, 3.05) is 57.0 Å². The number of hydrogen-bond acceptors (Lipinski definition) is 8. The predicted octanol–water partition coefficient (Wildman–Crippen LogP) is 4.70. The number of anilines is 2. The van der Waals surface area contributed by atoms with Crippen LogP contribution in [0.1, 0.15) is 24.0 Å². The molecule has 9 nitrogen and oxygen atoms in total. The van der Waals surface area contributed by atoms with Gasteiger partial charge < -0.3 is 25.2 Å². The van der Waals surface area contributed by atoms with Crippen LogP contribution in [0.3, 0.4) is 0 Å². The Kier molecular flexibility index (Phi) is 8.17. The van der Waals surface area contributed by atoms with Gasteiger partial charge in [0.2, 0.25) is 5.91 Å². The first-order chi connectivity index (χ1) is 19.9. The largest absolute Gasteiger partial charge is 0.462 e. The molecule has 42 heavy (non-hydrogen) atoms. The fourth-order valence-electron chi connectivity index (χ4n) is 5.55. The van der Waals surface area contributed by atoms with E-state index in [1.165, 1.54) is 19.1 Å². The van der Waals surface area contributed by atoms with Gasteiger partial charge in [-0.1, -0.05) is 18.2 Å². The van der Waals surface area contributed by atoms with E-state index in [2.05, 4.69) is 26.4 Å². The number of aryl methyl sites for hydroxylation is 1. The number of alkyl halides is 3. The van der Waals surface area contributed by atoms with Gasteiger partial charge in [0.05, 0.1) is 21.8 Å². The number of ether oxygens (including phenoxy) is 1. The quantitative estimate of drug-likeness (QED) is 0.318. The molecule has 2 aliphatic rings. The summed E-state index contributed by atoms with van der Waals surface area (Å²) in [7, 11) is 1.98. The zero-order valence-corrected chi connectivity index (χ0v) is 23.9. The predicted molar refractivity (Wildman–Crippen MR) is 152 cm³/mol. The standard InChI is InChI=1S/C28H30ClF4N7O2/c1-4-20(41)39-8-10-40(11-9-39)26-17-13-18(29)21(25-22(28(31,32)33)15(2)12-19(34)35-25)23(30)24(17)36-27(37-26)42-14-16-6-5-7-38(16)3/h4,12-13,16H,1,5-11,14H2,2-3H3,(H2,34,35). The first-order valence-corrected chi connectivity index (χ1v) is 13.8. The average molecular weight is 608 g/mol. The Bertz CT molecular complexity index is 1540. The molecule has 2 fully saturated rings. The zero-order valence-electron chi connectivity index (χ0n) is 23.1. The number of nitrogen functional groups attached to an aromatic ring is 1. The first kappa shape index (κ1) is 29.8. The number of likely N-dealkylation sites (tertiary alicyclic amines) is 1. The minimum absolute atomic E-state index is 0.112. The fourth-order valence-corrected chi connectivity index (χ4v) is 5.83. The Hall–Kier alpha value is -3.71. The van der Waals surface area contributed by atoms with Gasteiger partial charge >= 0.3 is 12.2 Å². The number of aromatic nitrogens is 3. The molecule has 3 aromatic rings. The maximum Gasteiger partial charge on any atom is 0.418 e. The molecule has 0 saturated carbocycles. The second-order valence-corrected chi connectivity index (χ2v) is 10.9. The number of amides is 1. The summed E-state index contributed by atoms with van der Waals surface area (Å²) in [5.74, 6) is -1.24. The zero-order chi connectivity index (χ0) is 30.3. The number of rotatable bonds is 6. The number of likely N-dealkylation sites (N-methyl/N-ethyl adjacent to an activating group) is 1. The van der Waals surface area contributed by atoms with Gasteiger partial charge in [0.25, 0.3) is 0 Å². The highest BCUT2D eigenvalue weighted by Gasteiger charge is 2.38. The van der Waals surface area contributed by atoms with Crippen LogP contribution < -0.4 is 15.4 Å². The van der Waals surface area contributed by atoms with Crippen molar-refractivity contribution in [2.45, 2.75) is 32.0 Å². The van der Waals surface area contributed by atoms with Crippen molar-refractivity contribution in [3.63, 3.8) is 0 Å². The average Bonchev–Trinajstić information content (AvgIpc) is 3.34. The van der Waals surface area contributed by atoms with E-state index >= 15 is 4.39 Å². The Morgan fingerprint density at radius 3 is 2.52 bits per heavy atom. The van der Waals surface area contributed by atoms with E-state index in [1.807, 2.05) is 11.9 Å². The molecule has 0 aliphatic carbocycles. The Morgan fingerprint density at radius 1 is 1.19 bits per heavy atom. The van der Waals surface area contributed by atoms with Crippen LogP contribution in [0.2, 0.25) is 5.02 Å². The molecule has 0 bridgehead atoms. The minimum atomic E-state index is -4.86. The Morgan fingerprint density at radius 2 is 1.90 bits per heavy atom. The van der Waals surface area contributed by atoms with Crippen LogP contribution in [-0.2, 0) is 11.0 Å². The van der Waals surface area contributed by atoms with Gasteiger partial charge in [-0.15, -0.1) is 0 Å². The topological polar surface area (TPSA) is 101 Å². The molecule has 0 radical (unpaired) electrons.